The highest BCUT2D eigenvalue weighted by molar-refractivity contribution is 8.00. The molecule has 0 amide bonds. The van der Waals surface area contributed by atoms with Crippen LogP contribution >= 0.6 is 11.8 Å². The van der Waals surface area contributed by atoms with Crippen molar-refractivity contribution < 1.29 is 13.2 Å². The molecule has 0 radical (unpaired) electrons. The predicted octanol–water partition coefficient (Wildman–Crippen LogP) is 3.80. The Bertz CT molecular complexity index is 194. The lowest BCUT2D eigenvalue weighted by molar-refractivity contribution is -0.0328. The van der Waals surface area contributed by atoms with Gasteiger partial charge >= 0.3 is 5.51 Å². The first kappa shape index (κ1) is 14.2. The molecule has 1 aliphatic carbocycles. The zero-order valence-corrected chi connectivity index (χ0v) is 10.5. The summed E-state index contributed by atoms with van der Waals surface area (Å²) in [4.78, 5) is 0. The average molecular weight is 255 g/mol. The van der Waals surface area contributed by atoms with Crippen LogP contribution in [0.1, 0.15) is 39.0 Å². The van der Waals surface area contributed by atoms with E-state index in [0.29, 0.717) is 18.4 Å². The first-order valence-electron chi connectivity index (χ1n) is 5.97. The molecular weight excluding hydrogens is 235 g/mol. The Morgan fingerprint density at radius 1 is 1.25 bits per heavy atom. The summed E-state index contributed by atoms with van der Waals surface area (Å²) in [5.41, 5.74) is -4.07. The molecular formula is C11H20F3NS. The third-order valence-corrected chi connectivity index (χ3v) is 3.90. The Morgan fingerprint density at radius 3 is 2.56 bits per heavy atom. The number of rotatable bonds is 5. The first-order valence-corrected chi connectivity index (χ1v) is 6.95. The lowest BCUT2D eigenvalue weighted by atomic mass is 9.83. The van der Waals surface area contributed by atoms with Crippen LogP contribution in [0, 0.1) is 5.92 Å². The molecule has 0 aromatic carbocycles. The van der Waals surface area contributed by atoms with Crippen molar-refractivity contribution in [2.45, 2.75) is 50.6 Å². The van der Waals surface area contributed by atoms with Crippen LogP contribution in [-0.2, 0) is 0 Å². The van der Waals surface area contributed by atoms with Crippen molar-refractivity contribution in [2.24, 2.45) is 5.92 Å². The van der Waals surface area contributed by atoms with Gasteiger partial charge in [-0.2, -0.15) is 13.2 Å². The molecule has 1 aliphatic rings. The largest absolute Gasteiger partial charge is 0.441 e. The summed E-state index contributed by atoms with van der Waals surface area (Å²) >= 11 is 0.120. The molecule has 5 heteroatoms. The van der Waals surface area contributed by atoms with E-state index in [1.807, 2.05) is 0 Å². The summed E-state index contributed by atoms with van der Waals surface area (Å²) in [7, 11) is 0. The second-order valence-electron chi connectivity index (χ2n) is 4.29. The van der Waals surface area contributed by atoms with E-state index >= 15 is 0 Å². The third kappa shape index (κ3) is 5.43. The van der Waals surface area contributed by atoms with Gasteiger partial charge in [-0.3, -0.25) is 0 Å². The van der Waals surface area contributed by atoms with Crippen molar-refractivity contribution in [3.63, 3.8) is 0 Å². The van der Waals surface area contributed by atoms with E-state index in [1.54, 1.807) is 0 Å². The van der Waals surface area contributed by atoms with Crippen LogP contribution in [0.3, 0.4) is 0 Å². The average Bonchev–Trinajstić information content (AvgIpc) is 2.19. The number of hydrogen-bond acceptors (Lipinski definition) is 2. The Hall–Kier alpha value is 0.100. The second-order valence-corrected chi connectivity index (χ2v) is 5.45. The van der Waals surface area contributed by atoms with Crippen molar-refractivity contribution in [3.05, 3.63) is 0 Å². The summed E-state index contributed by atoms with van der Waals surface area (Å²) in [6.07, 6.45) is 5.26. The fourth-order valence-electron chi connectivity index (χ4n) is 2.41. The lowest BCUT2D eigenvalue weighted by Gasteiger charge is -2.32. The Labute approximate surface area is 99.6 Å². The molecule has 2 unspecified atom stereocenters. The first-order chi connectivity index (χ1) is 7.53. The van der Waals surface area contributed by atoms with Crippen LogP contribution < -0.4 is 5.32 Å². The Kier molecular flexibility index (Phi) is 5.97. The minimum Gasteiger partial charge on any atom is -0.314 e. The van der Waals surface area contributed by atoms with Crippen LogP contribution in [0.25, 0.3) is 0 Å². The molecule has 0 heterocycles. The molecule has 1 rings (SSSR count). The van der Waals surface area contributed by atoms with Gasteiger partial charge in [0.25, 0.3) is 0 Å². The molecule has 1 fully saturated rings. The number of thioether (sulfide) groups is 1. The van der Waals surface area contributed by atoms with E-state index in [9.17, 15) is 13.2 Å². The topological polar surface area (TPSA) is 12.0 Å². The van der Waals surface area contributed by atoms with Crippen molar-refractivity contribution in [1.29, 1.82) is 0 Å². The highest BCUT2D eigenvalue weighted by Gasteiger charge is 2.30. The van der Waals surface area contributed by atoms with Gasteiger partial charge in [-0.15, -0.1) is 0 Å². The minimum absolute atomic E-state index is 0.120. The van der Waals surface area contributed by atoms with Crippen molar-refractivity contribution in [3.8, 4) is 0 Å². The molecule has 0 aromatic heterocycles. The maximum atomic E-state index is 12.0. The quantitative estimate of drug-likeness (QED) is 0.802. The van der Waals surface area contributed by atoms with Crippen LogP contribution in [0.2, 0.25) is 0 Å². The van der Waals surface area contributed by atoms with Crippen molar-refractivity contribution in [2.75, 3.05) is 12.3 Å². The van der Waals surface area contributed by atoms with Gasteiger partial charge in [-0.1, -0.05) is 31.5 Å². The Balaban J connectivity index is 2.27. The third-order valence-electron chi connectivity index (χ3n) is 3.13. The molecule has 96 valence electrons. The van der Waals surface area contributed by atoms with Gasteiger partial charge < -0.3 is 5.32 Å². The molecule has 0 saturated heterocycles. The fourth-order valence-corrected chi connectivity index (χ4v) is 3.06. The maximum Gasteiger partial charge on any atom is 0.441 e. The van der Waals surface area contributed by atoms with E-state index in [0.717, 1.165) is 19.4 Å². The molecule has 1 N–H and O–H groups in total. The monoisotopic (exact) mass is 255 g/mol. The van der Waals surface area contributed by atoms with Gasteiger partial charge in [0.05, 0.1) is 0 Å². The molecule has 0 aliphatic heterocycles. The summed E-state index contributed by atoms with van der Waals surface area (Å²) < 4.78 is 36.0. The molecule has 16 heavy (non-hydrogen) atoms. The fraction of sp³-hybridized carbons (Fsp3) is 1.00. The number of nitrogens with one attached hydrogen (secondary N) is 1. The highest BCUT2D eigenvalue weighted by atomic mass is 32.2. The molecule has 1 nitrogen and oxygen atoms in total. The van der Waals surface area contributed by atoms with Crippen LogP contribution in [0.4, 0.5) is 13.2 Å². The maximum absolute atomic E-state index is 12.0. The number of halogens is 3. The zero-order chi connectivity index (χ0) is 12.0. The number of alkyl halides is 3. The minimum atomic E-state index is -4.07. The van der Waals surface area contributed by atoms with Crippen LogP contribution in [0.5, 0.6) is 0 Å². The van der Waals surface area contributed by atoms with E-state index in [-0.39, 0.29) is 17.5 Å². The smallest absolute Gasteiger partial charge is 0.314 e. The van der Waals surface area contributed by atoms with Gasteiger partial charge in [0.1, 0.15) is 0 Å². The van der Waals surface area contributed by atoms with E-state index in [4.69, 9.17) is 0 Å². The molecule has 0 bridgehead atoms. The van der Waals surface area contributed by atoms with E-state index in [1.165, 1.54) is 12.8 Å². The summed E-state index contributed by atoms with van der Waals surface area (Å²) in [6.45, 7) is 2.96. The highest BCUT2D eigenvalue weighted by Crippen LogP contribution is 2.34. The lowest BCUT2D eigenvalue weighted by Crippen LogP contribution is -2.38. The van der Waals surface area contributed by atoms with Gasteiger partial charge in [0.2, 0.25) is 0 Å². The normalized spacial score (nSPS) is 27.0. The van der Waals surface area contributed by atoms with Crippen molar-refractivity contribution in [1.82, 2.24) is 5.32 Å². The van der Waals surface area contributed by atoms with Gasteiger partial charge in [-0.25, -0.2) is 0 Å². The molecule has 2 atom stereocenters. The molecule has 1 saturated carbocycles. The van der Waals surface area contributed by atoms with Crippen molar-refractivity contribution >= 4 is 11.8 Å². The summed E-state index contributed by atoms with van der Waals surface area (Å²) in [5.74, 6) is 0.638. The van der Waals surface area contributed by atoms with Crippen LogP contribution in [0.15, 0.2) is 0 Å². The van der Waals surface area contributed by atoms with E-state index < -0.39 is 5.51 Å². The summed E-state index contributed by atoms with van der Waals surface area (Å²) in [5, 5.41) is 3.39. The zero-order valence-electron chi connectivity index (χ0n) is 9.65. The Morgan fingerprint density at radius 2 is 1.94 bits per heavy atom. The van der Waals surface area contributed by atoms with Gasteiger partial charge in [-0.05, 0) is 31.7 Å². The van der Waals surface area contributed by atoms with Gasteiger partial charge in [0, 0.05) is 11.8 Å². The predicted molar refractivity (Wildman–Crippen MR) is 62.6 cm³/mol. The molecule has 0 aromatic rings. The molecule has 0 spiro atoms. The second kappa shape index (κ2) is 6.74. The van der Waals surface area contributed by atoms with Gasteiger partial charge in [0.15, 0.2) is 0 Å². The van der Waals surface area contributed by atoms with Crippen LogP contribution in [-0.4, -0.2) is 23.8 Å². The standard InChI is InChI=1S/C11H20F3NS/c1-2-15-10-6-4-3-5-9(10)7-8-16-11(12,13)14/h9-10,15H,2-8H2,1H3. The SMILES string of the molecule is CCNC1CCCCC1CCSC(F)(F)F. The summed E-state index contributed by atoms with van der Waals surface area (Å²) in [6, 6.07) is 0.438. The number of hydrogen-bond donors (Lipinski definition) is 1. The van der Waals surface area contributed by atoms with E-state index in [2.05, 4.69) is 12.2 Å².